The Hall–Kier alpha value is -0.750. The highest BCUT2D eigenvalue weighted by molar-refractivity contribution is 7.73. The maximum absolute atomic E-state index is 13.2. The van der Waals surface area contributed by atoms with Gasteiger partial charge in [0.05, 0.1) is 12.4 Å². The van der Waals surface area contributed by atoms with Crippen LogP contribution >= 0.6 is 7.14 Å². The summed E-state index contributed by atoms with van der Waals surface area (Å²) in [5.74, 6) is 0.799. The second-order valence-electron chi connectivity index (χ2n) is 5.35. The SMILES string of the molecule is COc1cccc2c1P(=O)(C(C)(C)C)CC2. The van der Waals surface area contributed by atoms with E-state index in [-0.39, 0.29) is 5.16 Å². The molecule has 2 rings (SSSR count). The first-order chi connectivity index (χ1) is 7.40. The van der Waals surface area contributed by atoms with Crippen molar-refractivity contribution >= 4 is 12.4 Å². The lowest BCUT2D eigenvalue weighted by Gasteiger charge is -2.29. The molecule has 0 aromatic heterocycles. The summed E-state index contributed by atoms with van der Waals surface area (Å²) in [5.41, 5.74) is 1.21. The standard InChI is InChI=1S/C13H19O2P/c1-13(2,3)16(14)9-8-10-6-5-7-11(15-4)12(10)16/h5-7H,8-9H2,1-4H3. The largest absolute Gasteiger partial charge is 0.496 e. The Kier molecular flexibility index (Phi) is 2.66. The van der Waals surface area contributed by atoms with E-state index in [2.05, 4.69) is 26.8 Å². The van der Waals surface area contributed by atoms with Crippen LogP contribution in [0.15, 0.2) is 18.2 Å². The van der Waals surface area contributed by atoms with Gasteiger partial charge in [-0.25, -0.2) is 0 Å². The predicted molar refractivity (Wildman–Crippen MR) is 68.6 cm³/mol. The van der Waals surface area contributed by atoms with Crippen molar-refractivity contribution in [3.05, 3.63) is 23.8 Å². The van der Waals surface area contributed by atoms with E-state index in [9.17, 15) is 4.57 Å². The second-order valence-corrected chi connectivity index (χ2v) is 9.07. The van der Waals surface area contributed by atoms with E-state index in [0.717, 1.165) is 23.6 Å². The third-order valence-electron chi connectivity index (χ3n) is 3.44. The average Bonchev–Trinajstić information content (AvgIpc) is 2.57. The van der Waals surface area contributed by atoms with Crippen molar-refractivity contribution in [3.63, 3.8) is 0 Å². The molecule has 0 N–H and O–H groups in total. The summed E-state index contributed by atoms with van der Waals surface area (Å²) in [6.45, 7) is 6.19. The monoisotopic (exact) mass is 238 g/mol. The number of fused-ring (bicyclic) bond motifs is 1. The number of rotatable bonds is 1. The molecule has 0 amide bonds. The maximum Gasteiger partial charge on any atom is 0.129 e. The van der Waals surface area contributed by atoms with Gasteiger partial charge in [0.15, 0.2) is 0 Å². The van der Waals surface area contributed by atoms with Crippen molar-refractivity contribution < 1.29 is 9.30 Å². The zero-order valence-corrected chi connectivity index (χ0v) is 11.3. The molecule has 1 aromatic carbocycles. The summed E-state index contributed by atoms with van der Waals surface area (Å²) >= 11 is 0. The van der Waals surface area contributed by atoms with Crippen LogP contribution in [0.5, 0.6) is 5.75 Å². The van der Waals surface area contributed by atoms with Crippen molar-refractivity contribution in [3.8, 4) is 5.75 Å². The first kappa shape index (κ1) is 11.7. The molecule has 0 saturated heterocycles. The molecule has 1 aliphatic rings. The van der Waals surface area contributed by atoms with E-state index in [4.69, 9.17) is 4.74 Å². The molecule has 1 atom stereocenters. The van der Waals surface area contributed by atoms with Crippen LogP contribution in [0.2, 0.25) is 0 Å². The van der Waals surface area contributed by atoms with Crippen LogP contribution in [0.1, 0.15) is 26.3 Å². The number of methoxy groups -OCH3 is 1. The first-order valence-electron chi connectivity index (χ1n) is 5.66. The van der Waals surface area contributed by atoms with Crippen LogP contribution in [0, 0.1) is 0 Å². The van der Waals surface area contributed by atoms with Gasteiger partial charge in [-0.1, -0.05) is 32.9 Å². The van der Waals surface area contributed by atoms with E-state index in [1.165, 1.54) is 5.56 Å². The van der Waals surface area contributed by atoms with E-state index in [0.29, 0.717) is 0 Å². The number of ether oxygens (including phenoxy) is 1. The van der Waals surface area contributed by atoms with Crippen LogP contribution in [-0.4, -0.2) is 18.4 Å². The van der Waals surface area contributed by atoms with E-state index < -0.39 is 7.14 Å². The van der Waals surface area contributed by atoms with E-state index >= 15 is 0 Å². The van der Waals surface area contributed by atoms with Gasteiger partial charge in [0, 0.05) is 11.3 Å². The van der Waals surface area contributed by atoms with Gasteiger partial charge in [-0.2, -0.15) is 0 Å². The van der Waals surface area contributed by atoms with Gasteiger partial charge in [-0.15, -0.1) is 0 Å². The fourth-order valence-corrected chi connectivity index (χ4v) is 5.70. The molecule has 88 valence electrons. The minimum absolute atomic E-state index is 0.174. The average molecular weight is 238 g/mol. The van der Waals surface area contributed by atoms with Crippen LogP contribution in [-0.2, 0) is 11.0 Å². The third-order valence-corrected chi connectivity index (χ3v) is 7.69. The molecule has 1 unspecified atom stereocenters. The fraction of sp³-hybridized carbons (Fsp3) is 0.538. The van der Waals surface area contributed by atoms with Crippen molar-refractivity contribution in [1.82, 2.24) is 0 Å². The molecular weight excluding hydrogens is 219 g/mol. The van der Waals surface area contributed by atoms with Gasteiger partial charge < -0.3 is 9.30 Å². The summed E-state index contributed by atoms with van der Waals surface area (Å²) < 4.78 is 18.5. The Balaban J connectivity index is 2.67. The summed E-state index contributed by atoms with van der Waals surface area (Å²) in [5, 5.41) is 0.817. The highest BCUT2D eigenvalue weighted by Crippen LogP contribution is 2.61. The predicted octanol–water partition coefficient (Wildman–Crippen LogP) is 3.04. The Morgan fingerprint density at radius 1 is 1.31 bits per heavy atom. The van der Waals surface area contributed by atoms with Crippen molar-refractivity contribution in [1.29, 1.82) is 0 Å². The Bertz CT molecular complexity index is 457. The van der Waals surface area contributed by atoms with Crippen LogP contribution < -0.4 is 10.0 Å². The summed E-state index contributed by atoms with van der Waals surface area (Å²) in [4.78, 5) is 0. The quantitative estimate of drug-likeness (QED) is 0.703. The lowest BCUT2D eigenvalue weighted by atomic mass is 10.2. The Morgan fingerprint density at radius 2 is 2.00 bits per heavy atom. The van der Waals surface area contributed by atoms with Gasteiger partial charge in [-0.05, 0) is 18.1 Å². The zero-order valence-electron chi connectivity index (χ0n) is 10.4. The van der Waals surface area contributed by atoms with Crippen molar-refractivity contribution in [2.24, 2.45) is 0 Å². The molecule has 0 saturated carbocycles. The molecule has 3 heteroatoms. The summed E-state index contributed by atoms with van der Waals surface area (Å²) in [6, 6.07) is 5.97. The topological polar surface area (TPSA) is 26.3 Å². The zero-order chi connectivity index (χ0) is 12.0. The van der Waals surface area contributed by atoms with Gasteiger partial charge >= 0.3 is 0 Å². The Labute approximate surface area is 97.4 Å². The molecule has 0 fully saturated rings. The Morgan fingerprint density at radius 3 is 2.56 bits per heavy atom. The fourth-order valence-electron chi connectivity index (χ4n) is 2.40. The molecule has 0 aliphatic carbocycles. The second kappa shape index (κ2) is 3.63. The van der Waals surface area contributed by atoms with Gasteiger partial charge in [0.1, 0.15) is 12.9 Å². The lowest BCUT2D eigenvalue weighted by Crippen LogP contribution is -2.23. The van der Waals surface area contributed by atoms with Crippen molar-refractivity contribution in [2.45, 2.75) is 32.3 Å². The first-order valence-corrected chi connectivity index (χ1v) is 7.55. The molecule has 1 heterocycles. The molecule has 2 nitrogen and oxygen atoms in total. The molecule has 0 radical (unpaired) electrons. The van der Waals surface area contributed by atoms with Crippen molar-refractivity contribution in [2.75, 3.05) is 13.3 Å². The summed E-state index contributed by atoms with van der Waals surface area (Å²) in [7, 11) is -0.669. The van der Waals surface area contributed by atoms with E-state index in [1.54, 1.807) is 7.11 Å². The minimum Gasteiger partial charge on any atom is -0.496 e. The molecule has 1 aromatic rings. The smallest absolute Gasteiger partial charge is 0.129 e. The van der Waals surface area contributed by atoms with E-state index in [1.807, 2.05) is 12.1 Å². The lowest BCUT2D eigenvalue weighted by molar-refractivity contribution is 0.417. The number of hydrogen-bond acceptors (Lipinski definition) is 2. The van der Waals surface area contributed by atoms with Crippen LogP contribution in [0.4, 0.5) is 0 Å². The minimum atomic E-state index is -2.32. The molecule has 1 aliphatic heterocycles. The highest BCUT2D eigenvalue weighted by atomic mass is 31.2. The number of benzene rings is 1. The number of aryl methyl sites for hydroxylation is 1. The van der Waals surface area contributed by atoms with Gasteiger partial charge in [-0.3, -0.25) is 0 Å². The molecule has 16 heavy (non-hydrogen) atoms. The molecule has 0 bridgehead atoms. The molecule has 0 spiro atoms. The highest BCUT2D eigenvalue weighted by Gasteiger charge is 2.44. The number of hydrogen-bond donors (Lipinski definition) is 0. The van der Waals surface area contributed by atoms with Gasteiger partial charge in [0.2, 0.25) is 0 Å². The normalized spacial score (nSPS) is 24.2. The van der Waals surface area contributed by atoms with Crippen LogP contribution in [0.25, 0.3) is 0 Å². The maximum atomic E-state index is 13.2. The third kappa shape index (κ3) is 1.51. The molecular formula is C13H19O2P. The van der Waals surface area contributed by atoms with Crippen LogP contribution in [0.3, 0.4) is 0 Å². The van der Waals surface area contributed by atoms with Gasteiger partial charge in [0.25, 0.3) is 0 Å². The summed E-state index contributed by atoms with van der Waals surface area (Å²) in [6.07, 6.45) is 1.70.